The van der Waals surface area contributed by atoms with Crippen LogP contribution in [-0.4, -0.2) is 23.5 Å². The Kier molecular flexibility index (Phi) is 2.76. The Morgan fingerprint density at radius 3 is 2.62 bits per heavy atom. The number of rotatable bonds is 2. The van der Waals surface area contributed by atoms with Crippen LogP contribution in [0.1, 0.15) is 6.42 Å². The van der Waals surface area contributed by atoms with Gasteiger partial charge in [0.15, 0.2) is 0 Å². The Morgan fingerprint density at radius 2 is 2.06 bits per heavy atom. The highest BCUT2D eigenvalue weighted by atomic mass is 16.3. The van der Waals surface area contributed by atoms with Crippen LogP contribution in [0.4, 0.5) is 5.69 Å². The molecule has 1 atom stereocenters. The van der Waals surface area contributed by atoms with Crippen molar-refractivity contribution >= 4 is 17.5 Å². The van der Waals surface area contributed by atoms with Crippen LogP contribution in [0.3, 0.4) is 0 Å². The molecule has 1 aliphatic heterocycles. The lowest BCUT2D eigenvalue weighted by atomic mass is 10.1. The van der Waals surface area contributed by atoms with Gasteiger partial charge in [0.1, 0.15) is 5.75 Å². The molecular weight excluding hydrogens is 208 g/mol. The highest BCUT2D eigenvalue weighted by Gasteiger charge is 2.27. The predicted molar refractivity (Wildman–Crippen MR) is 57.9 cm³/mol. The van der Waals surface area contributed by atoms with Gasteiger partial charge in [0, 0.05) is 18.7 Å². The van der Waals surface area contributed by atoms with E-state index in [2.05, 4.69) is 10.6 Å². The van der Waals surface area contributed by atoms with Gasteiger partial charge in [-0.1, -0.05) is 0 Å². The van der Waals surface area contributed by atoms with Crippen molar-refractivity contribution in [3.63, 3.8) is 0 Å². The molecule has 3 N–H and O–H groups in total. The molecular formula is C11H12N2O3. The van der Waals surface area contributed by atoms with Crippen LogP contribution in [0.25, 0.3) is 0 Å². The molecule has 5 heteroatoms. The molecule has 0 spiro atoms. The molecule has 1 unspecified atom stereocenters. The summed E-state index contributed by atoms with van der Waals surface area (Å²) in [6, 6.07) is 6.20. The SMILES string of the molecule is O=C1CC(C(=O)Nc2ccc(O)cc2)CN1. The van der Waals surface area contributed by atoms with Gasteiger partial charge in [-0.2, -0.15) is 0 Å². The van der Waals surface area contributed by atoms with E-state index in [1.807, 2.05) is 0 Å². The molecule has 1 saturated heterocycles. The number of carbonyl (C=O) groups is 2. The number of amides is 2. The number of hydrogen-bond acceptors (Lipinski definition) is 3. The molecule has 2 rings (SSSR count). The minimum atomic E-state index is -0.304. The normalized spacial score (nSPS) is 19.2. The number of anilines is 1. The van der Waals surface area contributed by atoms with Gasteiger partial charge in [-0.05, 0) is 24.3 Å². The van der Waals surface area contributed by atoms with Crippen molar-refractivity contribution in [2.24, 2.45) is 5.92 Å². The second kappa shape index (κ2) is 4.22. The summed E-state index contributed by atoms with van der Waals surface area (Å²) in [5.41, 5.74) is 0.613. The Bertz CT molecular complexity index is 414. The van der Waals surface area contributed by atoms with Crippen LogP contribution in [0.15, 0.2) is 24.3 Å². The molecule has 1 aromatic rings. The number of phenolic OH excluding ortho intramolecular Hbond substituents is 1. The summed E-state index contributed by atoms with van der Waals surface area (Å²) in [4.78, 5) is 22.6. The molecule has 0 aliphatic carbocycles. The van der Waals surface area contributed by atoms with Crippen molar-refractivity contribution in [2.45, 2.75) is 6.42 Å². The fourth-order valence-electron chi connectivity index (χ4n) is 1.58. The molecule has 5 nitrogen and oxygen atoms in total. The van der Waals surface area contributed by atoms with Crippen LogP contribution < -0.4 is 10.6 Å². The maximum absolute atomic E-state index is 11.7. The van der Waals surface area contributed by atoms with Gasteiger partial charge < -0.3 is 15.7 Å². The lowest BCUT2D eigenvalue weighted by Gasteiger charge is -2.08. The van der Waals surface area contributed by atoms with Crippen molar-refractivity contribution < 1.29 is 14.7 Å². The average Bonchev–Trinajstić information content (AvgIpc) is 2.68. The van der Waals surface area contributed by atoms with E-state index in [0.717, 1.165) is 0 Å². The second-order valence-corrected chi connectivity index (χ2v) is 3.74. The Hall–Kier alpha value is -2.04. The predicted octanol–water partition coefficient (Wildman–Crippen LogP) is 0.467. The van der Waals surface area contributed by atoms with Gasteiger partial charge in [-0.15, -0.1) is 0 Å². The largest absolute Gasteiger partial charge is 0.508 e. The number of nitrogens with one attached hydrogen (secondary N) is 2. The topological polar surface area (TPSA) is 78.4 Å². The van der Waals surface area contributed by atoms with E-state index >= 15 is 0 Å². The number of carbonyl (C=O) groups excluding carboxylic acids is 2. The van der Waals surface area contributed by atoms with Gasteiger partial charge in [0.05, 0.1) is 5.92 Å². The zero-order chi connectivity index (χ0) is 11.5. The summed E-state index contributed by atoms with van der Waals surface area (Å²) < 4.78 is 0. The summed E-state index contributed by atoms with van der Waals surface area (Å²) in [6.45, 7) is 0.392. The van der Waals surface area contributed by atoms with Gasteiger partial charge >= 0.3 is 0 Å². The fraction of sp³-hybridized carbons (Fsp3) is 0.273. The van der Waals surface area contributed by atoms with Gasteiger partial charge in [-0.25, -0.2) is 0 Å². The summed E-state index contributed by atoms with van der Waals surface area (Å²) >= 11 is 0. The molecule has 0 aromatic heterocycles. The summed E-state index contributed by atoms with van der Waals surface area (Å²) in [7, 11) is 0. The molecule has 84 valence electrons. The van der Waals surface area contributed by atoms with E-state index < -0.39 is 0 Å². The summed E-state index contributed by atoms with van der Waals surface area (Å²) in [5, 5.41) is 14.4. The van der Waals surface area contributed by atoms with Crippen LogP contribution in [0.5, 0.6) is 5.75 Å². The van der Waals surface area contributed by atoms with Gasteiger partial charge in [0.25, 0.3) is 0 Å². The van der Waals surface area contributed by atoms with Gasteiger partial charge in [-0.3, -0.25) is 9.59 Å². The number of aromatic hydroxyl groups is 1. The smallest absolute Gasteiger partial charge is 0.229 e. The zero-order valence-electron chi connectivity index (χ0n) is 8.56. The minimum absolute atomic E-state index is 0.0918. The first-order valence-electron chi connectivity index (χ1n) is 5.02. The van der Waals surface area contributed by atoms with Crippen molar-refractivity contribution in [2.75, 3.05) is 11.9 Å². The quantitative estimate of drug-likeness (QED) is 0.634. The van der Waals surface area contributed by atoms with Crippen LogP contribution in [-0.2, 0) is 9.59 Å². The van der Waals surface area contributed by atoms with Crippen molar-refractivity contribution in [1.82, 2.24) is 5.32 Å². The highest BCUT2D eigenvalue weighted by Crippen LogP contribution is 2.16. The molecule has 0 saturated carbocycles. The minimum Gasteiger partial charge on any atom is -0.508 e. The molecule has 1 fully saturated rings. The van der Waals surface area contributed by atoms with Crippen LogP contribution >= 0.6 is 0 Å². The highest BCUT2D eigenvalue weighted by molar-refractivity contribution is 5.97. The summed E-state index contributed by atoms with van der Waals surface area (Å²) in [6.07, 6.45) is 0.240. The van der Waals surface area contributed by atoms with Crippen molar-refractivity contribution in [3.8, 4) is 5.75 Å². The molecule has 16 heavy (non-hydrogen) atoms. The molecule has 1 aliphatic rings. The van der Waals surface area contributed by atoms with Gasteiger partial charge in [0.2, 0.25) is 11.8 Å². The molecule has 1 aromatic carbocycles. The first-order valence-corrected chi connectivity index (χ1v) is 5.02. The van der Waals surface area contributed by atoms with Crippen molar-refractivity contribution in [1.29, 1.82) is 0 Å². The first kappa shape index (κ1) is 10.5. The maximum atomic E-state index is 11.7. The van der Waals surface area contributed by atoms with E-state index in [1.165, 1.54) is 12.1 Å². The number of phenols is 1. The van der Waals surface area contributed by atoms with Crippen molar-refractivity contribution in [3.05, 3.63) is 24.3 Å². The van der Waals surface area contributed by atoms with E-state index in [-0.39, 0.29) is 29.9 Å². The lowest BCUT2D eigenvalue weighted by molar-refractivity contribution is -0.123. The number of benzene rings is 1. The van der Waals surface area contributed by atoms with Crippen LogP contribution in [0, 0.1) is 5.92 Å². The zero-order valence-corrected chi connectivity index (χ0v) is 8.56. The third kappa shape index (κ3) is 2.31. The second-order valence-electron chi connectivity index (χ2n) is 3.74. The lowest BCUT2D eigenvalue weighted by Crippen LogP contribution is -2.24. The number of hydrogen-bond donors (Lipinski definition) is 3. The standard InChI is InChI=1S/C11H12N2O3/c14-9-3-1-8(2-4-9)13-11(16)7-5-10(15)12-6-7/h1-4,7,14H,5-6H2,(H,12,15)(H,13,16). The third-order valence-corrected chi connectivity index (χ3v) is 2.48. The molecule has 0 bridgehead atoms. The fourth-order valence-corrected chi connectivity index (χ4v) is 1.58. The summed E-state index contributed by atoms with van der Waals surface area (Å²) in [5.74, 6) is -0.424. The maximum Gasteiger partial charge on any atom is 0.229 e. The molecule has 1 heterocycles. The van der Waals surface area contributed by atoms with E-state index in [0.29, 0.717) is 12.2 Å². The van der Waals surface area contributed by atoms with E-state index in [9.17, 15) is 9.59 Å². The third-order valence-electron chi connectivity index (χ3n) is 2.48. The Morgan fingerprint density at radius 1 is 1.38 bits per heavy atom. The Balaban J connectivity index is 1.97. The van der Waals surface area contributed by atoms with E-state index in [4.69, 9.17) is 5.11 Å². The monoisotopic (exact) mass is 220 g/mol. The van der Waals surface area contributed by atoms with Crippen LogP contribution in [0.2, 0.25) is 0 Å². The first-order chi connectivity index (χ1) is 7.65. The molecule has 2 amide bonds. The Labute approximate surface area is 92.5 Å². The van der Waals surface area contributed by atoms with E-state index in [1.54, 1.807) is 12.1 Å². The average molecular weight is 220 g/mol. The molecule has 0 radical (unpaired) electrons.